The summed E-state index contributed by atoms with van der Waals surface area (Å²) < 4.78 is 16.4. The van der Waals surface area contributed by atoms with Gasteiger partial charge in [-0.1, -0.05) is 53.9 Å². The fourth-order valence-electron chi connectivity index (χ4n) is 3.05. The number of anilines is 1. The van der Waals surface area contributed by atoms with Crippen molar-refractivity contribution in [2.45, 2.75) is 27.2 Å². The molecular weight excluding hydrogens is 470 g/mol. The molecule has 4 rings (SSSR count). The zero-order valence-corrected chi connectivity index (χ0v) is 20.5. The summed E-state index contributed by atoms with van der Waals surface area (Å²) in [6.07, 6.45) is 0. The van der Waals surface area contributed by atoms with Gasteiger partial charge < -0.3 is 19.2 Å². The smallest absolute Gasteiger partial charge is 0.277 e. The van der Waals surface area contributed by atoms with E-state index < -0.39 is 5.25 Å². The van der Waals surface area contributed by atoms with Crippen LogP contribution in [0.1, 0.15) is 6.92 Å². The van der Waals surface area contributed by atoms with Gasteiger partial charge in [-0.3, -0.25) is 4.79 Å². The Morgan fingerprint density at radius 1 is 0.971 bits per heavy atom. The van der Waals surface area contributed by atoms with Crippen LogP contribution in [0, 0.1) is 0 Å². The van der Waals surface area contributed by atoms with Gasteiger partial charge in [-0.15, -0.1) is 10.2 Å². The molecule has 0 aliphatic heterocycles. The Labute approximate surface area is 206 Å². The van der Waals surface area contributed by atoms with Crippen LogP contribution in [0.25, 0.3) is 11.5 Å². The Hall–Kier alpha value is -3.43. The molecule has 1 atom stereocenters. The number of nitrogens with one attached hydrogen (secondary N) is 1. The highest BCUT2D eigenvalue weighted by atomic mass is 32.2. The van der Waals surface area contributed by atoms with Crippen LogP contribution >= 0.6 is 23.5 Å². The van der Waals surface area contributed by atoms with Crippen LogP contribution in [0.4, 0.5) is 5.69 Å². The first-order chi connectivity index (χ1) is 16.6. The van der Waals surface area contributed by atoms with E-state index in [0.717, 1.165) is 15.5 Å². The van der Waals surface area contributed by atoms with E-state index >= 15 is 0 Å². The molecule has 3 aromatic carbocycles. The number of para-hydroxylation sites is 1. The molecule has 34 heavy (non-hydrogen) atoms. The monoisotopic (exact) mass is 493 g/mol. The molecule has 0 aliphatic rings. The van der Waals surface area contributed by atoms with Crippen molar-refractivity contribution in [3.05, 3.63) is 72.8 Å². The van der Waals surface area contributed by atoms with Crippen molar-refractivity contribution in [3.8, 4) is 23.0 Å². The Balaban J connectivity index is 1.43. The first-order valence-electron chi connectivity index (χ1n) is 10.4. The Morgan fingerprint density at radius 2 is 1.74 bits per heavy atom. The molecule has 174 valence electrons. The van der Waals surface area contributed by atoms with Gasteiger partial charge in [0, 0.05) is 15.9 Å². The van der Waals surface area contributed by atoms with E-state index in [4.69, 9.17) is 13.9 Å². The minimum Gasteiger partial charge on any atom is -0.497 e. The molecule has 1 unspecified atom stereocenters. The fourth-order valence-corrected chi connectivity index (χ4v) is 4.66. The molecule has 1 amide bonds. The predicted molar refractivity (Wildman–Crippen MR) is 134 cm³/mol. The van der Waals surface area contributed by atoms with Gasteiger partial charge >= 0.3 is 0 Å². The average molecular weight is 494 g/mol. The van der Waals surface area contributed by atoms with Crippen LogP contribution in [0.2, 0.25) is 0 Å². The topological polar surface area (TPSA) is 86.5 Å². The third kappa shape index (κ3) is 5.73. The second-order valence-corrected chi connectivity index (χ2v) is 9.51. The summed E-state index contributed by atoms with van der Waals surface area (Å²) in [6, 6.07) is 23.1. The van der Waals surface area contributed by atoms with E-state index in [1.54, 1.807) is 51.1 Å². The van der Waals surface area contributed by atoms with Crippen LogP contribution in [0.5, 0.6) is 11.5 Å². The normalized spacial score (nSPS) is 11.6. The lowest BCUT2D eigenvalue weighted by Crippen LogP contribution is -2.22. The molecule has 7 nitrogen and oxygen atoms in total. The number of carbonyl (C=O) groups excluding carboxylic acids is 1. The van der Waals surface area contributed by atoms with Gasteiger partial charge in [0.05, 0.1) is 30.7 Å². The largest absolute Gasteiger partial charge is 0.497 e. The van der Waals surface area contributed by atoms with Gasteiger partial charge in [0.25, 0.3) is 11.1 Å². The summed E-state index contributed by atoms with van der Waals surface area (Å²) in [5.41, 5.74) is 1.40. The van der Waals surface area contributed by atoms with Gasteiger partial charge in [-0.05, 0) is 43.3 Å². The van der Waals surface area contributed by atoms with Crippen molar-refractivity contribution in [1.29, 1.82) is 0 Å². The highest BCUT2D eigenvalue weighted by Gasteiger charge is 2.21. The van der Waals surface area contributed by atoms with E-state index in [-0.39, 0.29) is 5.91 Å². The van der Waals surface area contributed by atoms with Gasteiger partial charge in [0.1, 0.15) is 11.5 Å². The van der Waals surface area contributed by atoms with Crippen LogP contribution in [-0.4, -0.2) is 35.6 Å². The molecule has 0 aliphatic carbocycles. The minimum absolute atomic E-state index is 0.159. The number of thioether (sulfide) groups is 1. The number of ether oxygens (including phenoxy) is 2. The predicted octanol–water partition coefficient (Wildman–Crippen LogP) is 6.02. The maximum atomic E-state index is 12.9. The van der Waals surface area contributed by atoms with Crippen molar-refractivity contribution in [3.63, 3.8) is 0 Å². The highest BCUT2D eigenvalue weighted by molar-refractivity contribution is 8.00. The van der Waals surface area contributed by atoms with Crippen molar-refractivity contribution in [2.24, 2.45) is 0 Å². The SMILES string of the molecule is COc1ccc(-c2nnc(SC(C)C(=O)Nc3ccccc3Sc3ccccc3)o2)c(OC)c1. The fraction of sp³-hybridized carbons (Fsp3) is 0.160. The molecule has 1 heterocycles. The third-order valence-corrected chi connectivity index (χ3v) is 6.83. The summed E-state index contributed by atoms with van der Waals surface area (Å²) in [5, 5.41) is 11.1. The maximum absolute atomic E-state index is 12.9. The standard InChI is InChI=1S/C25H23N3O4S2/c1-16(23(29)26-20-11-7-8-12-22(20)34-18-9-5-4-6-10-18)33-25-28-27-24(32-25)19-14-13-17(30-2)15-21(19)31-3/h4-16H,1-3H3,(H,26,29). The molecule has 1 N–H and O–H groups in total. The number of rotatable bonds is 9. The van der Waals surface area contributed by atoms with Crippen LogP contribution < -0.4 is 14.8 Å². The lowest BCUT2D eigenvalue weighted by molar-refractivity contribution is -0.115. The number of nitrogens with zero attached hydrogens (tertiary/aromatic N) is 2. The van der Waals surface area contributed by atoms with Crippen LogP contribution in [0.3, 0.4) is 0 Å². The number of benzene rings is 3. The Kier molecular flexibility index (Phi) is 7.76. The van der Waals surface area contributed by atoms with E-state index in [9.17, 15) is 4.79 Å². The number of aromatic nitrogens is 2. The molecule has 0 saturated heterocycles. The second kappa shape index (κ2) is 11.1. The first kappa shape index (κ1) is 23.7. The molecule has 1 aromatic heterocycles. The summed E-state index contributed by atoms with van der Waals surface area (Å²) in [6.45, 7) is 1.80. The second-order valence-electron chi connectivity index (χ2n) is 7.10. The summed E-state index contributed by atoms with van der Waals surface area (Å²) in [5.74, 6) is 1.36. The van der Waals surface area contributed by atoms with Crippen molar-refractivity contribution < 1.29 is 18.7 Å². The van der Waals surface area contributed by atoms with E-state index in [1.807, 2.05) is 54.6 Å². The summed E-state index contributed by atoms with van der Waals surface area (Å²) >= 11 is 2.79. The lowest BCUT2D eigenvalue weighted by Gasteiger charge is -2.13. The lowest BCUT2D eigenvalue weighted by atomic mass is 10.2. The quantitative estimate of drug-likeness (QED) is 0.283. The van der Waals surface area contributed by atoms with E-state index in [0.29, 0.717) is 28.2 Å². The van der Waals surface area contributed by atoms with Gasteiger partial charge in [-0.25, -0.2) is 0 Å². The molecule has 0 fully saturated rings. The number of hydrogen-bond donors (Lipinski definition) is 1. The Bertz CT molecular complexity index is 1260. The minimum atomic E-state index is -0.458. The summed E-state index contributed by atoms with van der Waals surface area (Å²) in [7, 11) is 3.14. The van der Waals surface area contributed by atoms with Crippen molar-refractivity contribution in [1.82, 2.24) is 10.2 Å². The summed E-state index contributed by atoms with van der Waals surface area (Å²) in [4.78, 5) is 15.0. The van der Waals surface area contributed by atoms with Crippen molar-refractivity contribution in [2.75, 3.05) is 19.5 Å². The number of carbonyl (C=O) groups is 1. The molecular formula is C25H23N3O4S2. The van der Waals surface area contributed by atoms with Gasteiger partial charge in [0.2, 0.25) is 5.91 Å². The van der Waals surface area contributed by atoms with E-state index in [1.165, 1.54) is 11.8 Å². The molecule has 0 saturated carbocycles. The molecule has 0 spiro atoms. The Morgan fingerprint density at radius 3 is 2.50 bits per heavy atom. The van der Waals surface area contributed by atoms with Crippen LogP contribution in [0.15, 0.2) is 92.2 Å². The van der Waals surface area contributed by atoms with Crippen molar-refractivity contribution >= 4 is 35.1 Å². The van der Waals surface area contributed by atoms with Crippen LogP contribution in [-0.2, 0) is 4.79 Å². The molecule has 0 radical (unpaired) electrons. The molecule has 4 aromatic rings. The first-order valence-corrected chi connectivity index (χ1v) is 12.1. The third-order valence-electron chi connectivity index (χ3n) is 4.81. The molecule has 9 heteroatoms. The molecule has 0 bridgehead atoms. The average Bonchev–Trinajstić information content (AvgIpc) is 3.33. The highest BCUT2D eigenvalue weighted by Crippen LogP contribution is 2.36. The number of hydrogen-bond acceptors (Lipinski definition) is 8. The number of methoxy groups -OCH3 is 2. The zero-order chi connectivity index (χ0) is 23.9. The maximum Gasteiger partial charge on any atom is 0.277 e. The van der Waals surface area contributed by atoms with Gasteiger partial charge in [0.15, 0.2) is 0 Å². The van der Waals surface area contributed by atoms with Gasteiger partial charge in [-0.2, -0.15) is 0 Å². The van der Waals surface area contributed by atoms with E-state index in [2.05, 4.69) is 15.5 Å². The zero-order valence-electron chi connectivity index (χ0n) is 18.8. The number of amides is 1.